The Morgan fingerprint density at radius 3 is 2.35 bits per heavy atom. The van der Waals surface area contributed by atoms with Gasteiger partial charge in [-0.25, -0.2) is 0 Å². The summed E-state index contributed by atoms with van der Waals surface area (Å²) in [7, 11) is 4.23. The lowest BCUT2D eigenvalue weighted by Crippen LogP contribution is -2.18. The van der Waals surface area contributed by atoms with Crippen LogP contribution in [0.15, 0.2) is 48.5 Å². The highest BCUT2D eigenvalue weighted by Gasteiger charge is 2.17. The molecule has 0 spiro atoms. The first-order valence-corrected chi connectivity index (χ1v) is 13.3. The zero-order valence-electron chi connectivity index (χ0n) is 21.2. The summed E-state index contributed by atoms with van der Waals surface area (Å²) in [4.78, 5) is 7.15. The summed E-state index contributed by atoms with van der Waals surface area (Å²) in [6, 6.07) is 17.3. The minimum Gasteiger partial charge on any atom is -0.384 e. The van der Waals surface area contributed by atoms with E-state index in [1.165, 1.54) is 91.4 Å². The average Bonchev–Trinajstić information content (AvgIpc) is 2.86. The summed E-state index contributed by atoms with van der Waals surface area (Å²) in [5, 5.41) is 8.73. The maximum absolute atomic E-state index is 4.96. The lowest BCUT2D eigenvalue weighted by Gasteiger charge is -2.21. The largest absolute Gasteiger partial charge is 0.384 e. The van der Waals surface area contributed by atoms with Crippen LogP contribution in [-0.4, -0.2) is 32.2 Å². The number of fused-ring (bicyclic) bond motifs is 2. The zero-order chi connectivity index (χ0) is 23.6. The van der Waals surface area contributed by atoms with Gasteiger partial charge in [0.1, 0.15) is 0 Å². The number of benzene rings is 2. The van der Waals surface area contributed by atoms with Crippen LogP contribution in [0, 0.1) is 0 Å². The van der Waals surface area contributed by atoms with Crippen molar-refractivity contribution in [1.82, 2.24) is 10.3 Å². The molecule has 2 N–H and O–H groups in total. The van der Waals surface area contributed by atoms with Gasteiger partial charge in [-0.2, -0.15) is 0 Å². The molecule has 2 aromatic carbocycles. The van der Waals surface area contributed by atoms with E-state index >= 15 is 0 Å². The van der Waals surface area contributed by atoms with Crippen molar-refractivity contribution in [2.24, 2.45) is 0 Å². The van der Waals surface area contributed by atoms with Crippen LogP contribution in [0.1, 0.15) is 68.2 Å². The van der Waals surface area contributed by atoms with Crippen LogP contribution in [-0.2, 0) is 19.4 Å². The van der Waals surface area contributed by atoms with Crippen molar-refractivity contribution in [2.75, 3.05) is 37.4 Å². The normalized spacial score (nSPS) is 13.1. The van der Waals surface area contributed by atoms with Gasteiger partial charge in [-0.3, -0.25) is 4.98 Å². The van der Waals surface area contributed by atoms with Gasteiger partial charge in [0.25, 0.3) is 0 Å². The molecule has 1 aliphatic rings. The van der Waals surface area contributed by atoms with Gasteiger partial charge >= 0.3 is 0 Å². The topological polar surface area (TPSA) is 40.2 Å². The van der Waals surface area contributed by atoms with Crippen molar-refractivity contribution >= 4 is 22.3 Å². The highest BCUT2D eigenvalue weighted by molar-refractivity contribution is 5.93. The maximum Gasteiger partial charge on any atom is 0.0726 e. The molecule has 182 valence electrons. The summed E-state index contributed by atoms with van der Waals surface area (Å²) in [5.41, 5.74) is 8.00. The first-order chi connectivity index (χ1) is 16.7. The van der Waals surface area contributed by atoms with E-state index in [9.17, 15) is 0 Å². The third kappa shape index (κ3) is 6.50. The van der Waals surface area contributed by atoms with E-state index in [4.69, 9.17) is 4.98 Å². The van der Waals surface area contributed by atoms with Crippen LogP contribution in [0.5, 0.6) is 0 Å². The number of nitrogens with zero attached hydrogens (tertiary/aromatic N) is 2. The predicted molar refractivity (Wildman–Crippen MR) is 147 cm³/mol. The fourth-order valence-electron chi connectivity index (χ4n) is 5.19. The maximum atomic E-state index is 4.96. The van der Waals surface area contributed by atoms with Crippen LogP contribution in [0.25, 0.3) is 10.9 Å². The highest BCUT2D eigenvalue weighted by Crippen LogP contribution is 2.33. The van der Waals surface area contributed by atoms with E-state index < -0.39 is 0 Å². The molecular weight excluding hydrogens is 416 g/mol. The van der Waals surface area contributed by atoms with E-state index in [-0.39, 0.29) is 0 Å². The first-order valence-electron chi connectivity index (χ1n) is 13.3. The molecule has 0 saturated carbocycles. The summed E-state index contributed by atoms with van der Waals surface area (Å²) in [5.74, 6) is 0. The van der Waals surface area contributed by atoms with Crippen LogP contribution < -0.4 is 15.5 Å². The number of rotatable bonds is 13. The van der Waals surface area contributed by atoms with E-state index in [1.54, 1.807) is 0 Å². The van der Waals surface area contributed by atoms with Crippen LogP contribution >= 0.6 is 0 Å². The molecule has 34 heavy (non-hydrogen) atoms. The van der Waals surface area contributed by atoms with Gasteiger partial charge < -0.3 is 15.5 Å². The first kappa shape index (κ1) is 24.5. The van der Waals surface area contributed by atoms with E-state index in [2.05, 4.69) is 78.2 Å². The van der Waals surface area contributed by atoms with Gasteiger partial charge in [-0.05, 0) is 68.3 Å². The number of hydrogen-bond donors (Lipinski definition) is 2. The molecule has 4 heteroatoms. The molecule has 4 rings (SSSR count). The van der Waals surface area contributed by atoms with Crippen molar-refractivity contribution < 1.29 is 0 Å². The van der Waals surface area contributed by atoms with Gasteiger partial charge in [0.05, 0.1) is 5.52 Å². The van der Waals surface area contributed by atoms with Gasteiger partial charge in [0.15, 0.2) is 0 Å². The number of unbranched alkanes of at least 4 members (excludes halogenated alkanes) is 5. The van der Waals surface area contributed by atoms with E-state index in [0.29, 0.717) is 0 Å². The SMILES string of the molecule is CN(C)c1ccccc1CNCCCCCCCCNc1c2c(nc3ccccc13)CCCC2. The second-order valence-corrected chi connectivity index (χ2v) is 9.88. The fraction of sp³-hybridized carbons (Fsp3) is 0.500. The molecule has 1 heterocycles. The minimum atomic E-state index is 0.952. The Morgan fingerprint density at radius 2 is 1.50 bits per heavy atom. The summed E-state index contributed by atoms with van der Waals surface area (Å²) in [6.07, 6.45) is 12.7. The Morgan fingerprint density at radius 1 is 0.794 bits per heavy atom. The Labute approximate surface area is 206 Å². The van der Waals surface area contributed by atoms with Gasteiger partial charge in [-0.15, -0.1) is 0 Å². The summed E-state index contributed by atoms with van der Waals surface area (Å²) >= 11 is 0. The van der Waals surface area contributed by atoms with E-state index in [1.807, 2.05) is 0 Å². The highest BCUT2D eigenvalue weighted by atomic mass is 15.1. The number of anilines is 2. The Hall–Kier alpha value is -2.59. The smallest absolute Gasteiger partial charge is 0.0726 e. The second-order valence-electron chi connectivity index (χ2n) is 9.88. The molecule has 0 radical (unpaired) electrons. The van der Waals surface area contributed by atoms with Crippen molar-refractivity contribution in [2.45, 2.75) is 70.8 Å². The molecule has 3 aromatic rings. The standard InChI is InChI=1S/C30H42N4/c1-34(2)29-20-12-7-15-24(29)23-31-21-13-5-3-4-6-14-22-32-30-25-16-8-10-18-27(25)33-28-19-11-9-17-26(28)30/h7-8,10,12,15-16,18,20,31H,3-6,9,11,13-14,17,19,21-23H2,1-2H3,(H,32,33). The third-order valence-corrected chi connectivity index (χ3v) is 7.04. The summed E-state index contributed by atoms with van der Waals surface area (Å²) in [6.45, 7) is 3.12. The molecule has 0 amide bonds. The Kier molecular flexibility index (Phi) is 9.20. The molecular formula is C30H42N4. The van der Waals surface area contributed by atoms with Crippen LogP contribution in [0.3, 0.4) is 0 Å². The molecule has 1 aliphatic carbocycles. The molecule has 0 bridgehead atoms. The van der Waals surface area contributed by atoms with E-state index in [0.717, 1.165) is 31.6 Å². The quantitative estimate of drug-likeness (QED) is 0.279. The Balaban J connectivity index is 1.11. The molecule has 0 atom stereocenters. The molecule has 0 aliphatic heterocycles. The monoisotopic (exact) mass is 458 g/mol. The molecule has 4 nitrogen and oxygen atoms in total. The predicted octanol–water partition coefficient (Wildman–Crippen LogP) is 6.72. The van der Waals surface area contributed by atoms with Gasteiger partial charge in [-0.1, -0.05) is 62.1 Å². The number of aromatic nitrogens is 1. The van der Waals surface area contributed by atoms with Gasteiger partial charge in [0.2, 0.25) is 0 Å². The third-order valence-electron chi connectivity index (χ3n) is 7.04. The lowest BCUT2D eigenvalue weighted by molar-refractivity contribution is 0.569. The number of aryl methyl sites for hydroxylation is 1. The number of hydrogen-bond acceptors (Lipinski definition) is 4. The average molecular weight is 459 g/mol. The number of para-hydroxylation sites is 2. The van der Waals surface area contributed by atoms with Gasteiger partial charge in [0, 0.05) is 49.6 Å². The van der Waals surface area contributed by atoms with Crippen LogP contribution in [0.2, 0.25) is 0 Å². The van der Waals surface area contributed by atoms with Crippen LogP contribution in [0.4, 0.5) is 11.4 Å². The van der Waals surface area contributed by atoms with Crippen molar-refractivity contribution in [1.29, 1.82) is 0 Å². The Bertz CT molecular complexity index is 1040. The van der Waals surface area contributed by atoms with Crippen molar-refractivity contribution in [3.05, 3.63) is 65.4 Å². The molecule has 0 saturated heterocycles. The molecule has 0 unspecified atom stereocenters. The lowest BCUT2D eigenvalue weighted by atomic mass is 9.92. The fourth-order valence-corrected chi connectivity index (χ4v) is 5.19. The molecule has 0 fully saturated rings. The summed E-state index contributed by atoms with van der Waals surface area (Å²) < 4.78 is 0. The zero-order valence-corrected chi connectivity index (χ0v) is 21.2. The molecule has 1 aromatic heterocycles. The number of pyridine rings is 1. The van der Waals surface area contributed by atoms with Crippen molar-refractivity contribution in [3.63, 3.8) is 0 Å². The van der Waals surface area contributed by atoms with Crippen molar-refractivity contribution in [3.8, 4) is 0 Å². The number of nitrogens with one attached hydrogen (secondary N) is 2. The second kappa shape index (κ2) is 12.8. The minimum absolute atomic E-state index is 0.952.